The van der Waals surface area contributed by atoms with Crippen LogP contribution < -0.4 is 10.2 Å². The van der Waals surface area contributed by atoms with Gasteiger partial charge in [-0.2, -0.15) is 0 Å². The largest absolute Gasteiger partial charge is 0.376 e. The molecule has 118 valence electrons. The molecule has 0 aliphatic heterocycles. The second kappa shape index (κ2) is 9.27. The molecule has 1 aromatic carbocycles. The van der Waals surface area contributed by atoms with Crippen LogP contribution in [-0.4, -0.2) is 44.0 Å². The van der Waals surface area contributed by atoms with E-state index in [0.717, 1.165) is 38.2 Å². The van der Waals surface area contributed by atoms with Crippen LogP contribution in [0.1, 0.15) is 33.6 Å². The molecular weight excluding hydrogens is 262 g/mol. The van der Waals surface area contributed by atoms with E-state index in [1.165, 1.54) is 5.69 Å². The molecule has 1 aromatic rings. The maximum absolute atomic E-state index is 11.9. The molecule has 0 aliphatic rings. The standard InChI is InChI=1S/C17H29N3O/c1-5-8-13-19(4)17(21)14-18-15-9-11-16(12-10-15)20(6-2)7-3/h9-12,18H,5-8,13-14H2,1-4H3. The summed E-state index contributed by atoms with van der Waals surface area (Å²) in [5.74, 6) is 0.135. The topological polar surface area (TPSA) is 35.6 Å². The highest BCUT2D eigenvalue weighted by atomic mass is 16.2. The molecule has 21 heavy (non-hydrogen) atoms. The Kier molecular flexibility index (Phi) is 7.65. The smallest absolute Gasteiger partial charge is 0.241 e. The van der Waals surface area contributed by atoms with Crippen LogP contribution in [0.4, 0.5) is 11.4 Å². The van der Waals surface area contributed by atoms with E-state index in [2.05, 4.69) is 43.1 Å². The van der Waals surface area contributed by atoms with E-state index in [4.69, 9.17) is 0 Å². The van der Waals surface area contributed by atoms with Gasteiger partial charge in [-0.3, -0.25) is 4.79 Å². The summed E-state index contributed by atoms with van der Waals surface area (Å²) in [6, 6.07) is 8.27. The normalized spacial score (nSPS) is 10.3. The quantitative estimate of drug-likeness (QED) is 0.759. The Hall–Kier alpha value is -1.71. The van der Waals surface area contributed by atoms with E-state index in [1.54, 1.807) is 4.90 Å². The van der Waals surface area contributed by atoms with Gasteiger partial charge in [0.05, 0.1) is 6.54 Å². The van der Waals surface area contributed by atoms with Gasteiger partial charge in [-0.15, -0.1) is 0 Å². The molecule has 0 fully saturated rings. The zero-order valence-corrected chi connectivity index (χ0v) is 13.9. The zero-order chi connectivity index (χ0) is 15.7. The molecule has 1 rings (SSSR count). The molecule has 0 atom stereocenters. The van der Waals surface area contributed by atoms with Crippen LogP contribution in [0.5, 0.6) is 0 Å². The average molecular weight is 291 g/mol. The summed E-state index contributed by atoms with van der Waals surface area (Å²) >= 11 is 0. The van der Waals surface area contributed by atoms with Crippen molar-refractivity contribution in [3.63, 3.8) is 0 Å². The van der Waals surface area contributed by atoms with Gasteiger partial charge in [0.15, 0.2) is 0 Å². The van der Waals surface area contributed by atoms with Crippen molar-refractivity contribution in [3.05, 3.63) is 24.3 Å². The Morgan fingerprint density at radius 3 is 2.24 bits per heavy atom. The molecule has 0 bridgehead atoms. The number of rotatable bonds is 9. The van der Waals surface area contributed by atoms with Crippen LogP contribution >= 0.6 is 0 Å². The summed E-state index contributed by atoms with van der Waals surface area (Å²) < 4.78 is 0. The molecule has 0 saturated heterocycles. The molecule has 0 radical (unpaired) electrons. The lowest BCUT2D eigenvalue weighted by molar-refractivity contribution is -0.128. The average Bonchev–Trinajstić information content (AvgIpc) is 2.52. The zero-order valence-electron chi connectivity index (χ0n) is 13.9. The number of benzene rings is 1. The Morgan fingerprint density at radius 2 is 1.71 bits per heavy atom. The summed E-state index contributed by atoms with van der Waals surface area (Å²) in [7, 11) is 1.86. The van der Waals surface area contributed by atoms with Crippen molar-refractivity contribution in [3.8, 4) is 0 Å². The minimum Gasteiger partial charge on any atom is -0.376 e. The van der Waals surface area contributed by atoms with Crippen LogP contribution in [0, 0.1) is 0 Å². The van der Waals surface area contributed by atoms with E-state index in [9.17, 15) is 4.79 Å². The molecule has 4 nitrogen and oxygen atoms in total. The summed E-state index contributed by atoms with van der Waals surface area (Å²) in [5.41, 5.74) is 2.21. The number of anilines is 2. The highest BCUT2D eigenvalue weighted by Gasteiger charge is 2.07. The third-order valence-electron chi connectivity index (χ3n) is 3.71. The molecule has 0 spiro atoms. The van der Waals surface area contributed by atoms with E-state index < -0.39 is 0 Å². The molecular formula is C17H29N3O. The Balaban J connectivity index is 2.47. The Bertz CT molecular complexity index is 413. The van der Waals surface area contributed by atoms with Crippen LogP contribution in [0.3, 0.4) is 0 Å². The van der Waals surface area contributed by atoms with Crippen LogP contribution in [0.2, 0.25) is 0 Å². The minimum absolute atomic E-state index is 0.135. The van der Waals surface area contributed by atoms with Crippen LogP contribution in [0.15, 0.2) is 24.3 Å². The SMILES string of the molecule is CCCCN(C)C(=O)CNc1ccc(N(CC)CC)cc1. The lowest BCUT2D eigenvalue weighted by Gasteiger charge is -2.21. The fourth-order valence-corrected chi connectivity index (χ4v) is 2.21. The van der Waals surface area contributed by atoms with Gasteiger partial charge in [-0.25, -0.2) is 0 Å². The second-order valence-electron chi connectivity index (χ2n) is 5.24. The Labute approximate surface area is 129 Å². The third-order valence-corrected chi connectivity index (χ3v) is 3.71. The molecule has 0 unspecified atom stereocenters. The van der Waals surface area contributed by atoms with E-state index in [-0.39, 0.29) is 5.91 Å². The van der Waals surface area contributed by atoms with Gasteiger partial charge in [0, 0.05) is 38.1 Å². The van der Waals surface area contributed by atoms with Gasteiger partial charge in [-0.1, -0.05) is 13.3 Å². The molecule has 1 N–H and O–H groups in total. The maximum Gasteiger partial charge on any atom is 0.241 e. The third kappa shape index (κ3) is 5.66. The highest BCUT2D eigenvalue weighted by Crippen LogP contribution is 2.17. The molecule has 0 saturated carbocycles. The number of hydrogen-bond donors (Lipinski definition) is 1. The predicted molar refractivity (Wildman–Crippen MR) is 91.0 cm³/mol. The number of carbonyl (C=O) groups is 1. The summed E-state index contributed by atoms with van der Waals surface area (Å²) in [4.78, 5) is 16.0. The van der Waals surface area contributed by atoms with Gasteiger partial charge in [0.1, 0.15) is 0 Å². The number of amides is 1. The summed E-state index contributed by atoms with van der Waals surface area (Å²) in [6.45, 7) is 9.63. The van der Waals surface area contributed by atoms with Gasteiger partial charge in [0.25, 0.3) is 0 Å². The van der Waals surface area contributed by atoms with Crippen molar-refractivity contribution in [2.24, 2.45) is 0 Å². The lowest BCUT2D eigenvalue weighted by atomic mass is 10.2. The number of nitrogens with one attached hydrogen (secondary N) is 1. The van der Waals surface area contributed by atoms with Crippen molar-refractivity contribution in [1.82, 2.24) is 4.90 Å². The first kappa shape index (κ1) is 17.3. The minimum atomic E-state index is 0.135. The van der Waals surface area contributed by atoms with Crippen molar-refractivity contribution in [2.45, 2.75) is 33.6 Å². The van der Waals surface area contributed by atoms with Gasteiger partial charge < -0.3 is 15.1 Å². The van der Waals surface area contributed by atoms with Crippen molar-refractivity contribution >= 4 is 17.3 Å². The van der Waals surface area contributed by atoms with Crippen molar-refractivity contribution in [2.75, 3.05) is 43.4 Å². The van der Waals surface area contributed by atoms with E-state index >= 15 is 0 Å². The van der Waals surface area contributed by atoms with E-state index in [0.29, 0.717) is 6.54 Å². The molecule has 1 amide bonds. The van der Waals surface area contributed by atoms with Gasteiger partial charge >= 0.3 is 0 Å². The lowest BCUT2D eigenvalue weighted by Crippen LogP contribution is -2.32. The number of unbranched alkanes of at least 4 members (excludes halogenated alkanes) is 1. The van der Waals surface area contributed by atoms with Gasteiger partial charge in [-0.05, 0) is 44.5 Å². The summed E-state index contributed by atoms with van der Waals surface area (Å²) in [6.07, 6.45) is 2.17. The predicted octanol–water partition coefficient (Wildman–Crippen LogP) is 3.20. The van der Waals surface area contributed by atoms with Crippen LogP contribution in [0.25, 0.3) is 0 Å². The maximum atomic E-state index is 11.9. The molecule has 4 heteroatoms. The first-order valence-electron chi connectivity index (χ1n) is 7.95. The molecule has 0 aliphatic carbocycles. The fourth-order valence-electron chi connectivity index (χ4n) is 2.21. The fraction of sp³-hybridized carbons (Fsp3) is 0.588. The summed E-state index contributed by atoms with van der Waals surface area (Å²) in [5, 5.41) is 3.19. The van der Waals surface area contributed by atoms with E-state index in [1.807, 2.05) is 19.2 Å². The Morgan fingerprint density at radius 1 is 1.10 bits per heavy atom. The monoisotopic (exact) mass is 291 g/mol. The highest BCUT2D eigenvalue weighted by molar-refractivity contribution is 5.80. The molecule has 0 aromatic heterocycles. The second-order valence-corrected chi connectivity index (χ2v) is 5.24. The first-order chi connectivity index (χ1) is 10.1. The number of likely N-dealkylation sites (N-methyl/N-ethyl adjacent to an activating group) is 1. The van der Waals surface area contributed by atoms with Crippen LogP contribution in [-0.2, 0) is 4.79 Å². The van der Waals surface area contributed by atoms with Crippen molar-refractivity contribution in [1.29, 1.82) is 0 Å². The molecule has 0 heterocycles. The van der Waals surface area contributed by atoms with Gasteiger partial charge in [0.2, 0.25) is 5.91 Å². The number of hydrogen-bond acceptors (Lipinski definition) is 3. The first-order valence-corrected chi connectivity index (χ1v) is 7.95. The van der Waals surface area contributed by atoms with Crippen molar-refractivity contribution < 1.29 is 4.79 Å². The number of carbonyl (C=O) groups excluding carboxylic acids is 1. The number of nitrogens with zero attached hydrogens (tertiary/aromatic N) is 2.